The van der Waals surface area contributed by atoms with Crippen molar-refractivity contribution in [2.75, 3.05) is 0 Å². The zero-order chi connectivity index (χ0) is 7.56. The number of phenols is 1. The predicted octanol–water partition coefficient (Wildman–Crippen LogP) is 0.920. The number of rotatable bonds is 1. The van der Waals surface area contributed by atoms with Crippen LogP contribution in [0.4, 0.5) is 0 Å². The average molecular weight is 220 g/mol. The third-order valence-electron chi connectivity index (χ3n) is 1.26. The van der Waals surface area contributed by atoms with Crippen LogP contribution in [0.1, 0.15) is 11.8 Å². The normalized spacial score (nSPS) is 11.8. The van der Waals surface area contributed by atoms with Crippen LogP contribution >= 0.6 is 17.0 Å². The first-order valence-electron chi connectivity index (χ1n) is 2.93. The molecule has 0 saturated carbocycles. The predicted molar refractivity (Wildman–Crippen MR) is 47.6 cm³/mol. The molecule has 3 nitrogen and oxygen atoms in total. The summed E-state index contributed by atoms with van der Waals surface area (Å²) in [5.41, 5.74) is 5.46. The summed E-state index contributed by atoms with van der Waals surface area (Å²) in [5, 5.41) is 17.9. The SMILES string of the molecule is Br.NC(O)c1ccccc1O. The maximum absolute atomic E-state index is 9.04. The molecule has 0 aliphatic rings. The first kappa shape index (κ1) is 10.4. The molecule has 1 aromatic rings. The molecule has 1 atom stereocenters. The fourth-order valence-corrected chi connectivity index (χ4v) is 0.738. The molecule has 11 heavy (non-hydrogen) atoms. The number of hydrogen-bond donors (Lipinski definition) is 3. The number of aliphatic hydroxyl groups is 1. The summed E-state index contributed by atoms with van der Waals surface area (Å²) in [6.45, 7) is 0. The van der Waals surface area contributed by atoms with E-state index < -0.39 is 6.23 Å². The molecule has 0 spiro atoms. The first-order valence-corrected chi connectivity index (χ1v) is 2.93. The standard InChI is InChI=1S/C7H9NO2.BrH/c8-7(10)5-3-1-2-4-6(5)9;/h1-4,7,9-10H,8H2;1H. The van der Waals surface area contributed by atoms with Crippen LogP contribution in [0.15, 0.2) is 24.3 Å². The molecule has 0 bridgehead atoms. The molecule has 62 valence electrons. The van der Waals surface area contributed by atoms with E-state index in [4.69, 9.17) is 15.9 Å². The van der Waals surface area contributed by atoms with E-state index >= 15 is 0 Å². The molecule has 0 amide bonds. The van der Waals surface area contributed by atoms with Crippen LogP contribution in [0.25, 0.3) is 0 Å². The highest BCUT2D eigenvalue weighted by atomic mass is 79.9. The summed E-state index contributed by atoms with van der Waals surface area (Å²) in [6, 6.07) is 6.41. The zero-order valence-electron chi connectivity index (χ0n) is 5.77. The van der Waals surface area contributed by atoms with E-state index in [1.807, 2.05) is 0 Å². The van der Waals surface area contributed by atoms with Crippen LogP contribution in [0.3, 0.4) is 0 Å². The number of para-hydroxylation sites is 1. The molecule has 4 N–H and O–H groups in total. The van der Waals surface area contributed by atoms with E-state index in [1.165, 1.54) is 6.07 Å². The maximum atomic E-state index is 9.04. The van der Waals surface area contributed by atoms with E-state index in [0.29, 0.717) is 5.56 Å². The summed E-state index contributed by atoms with van der Waals surface area (Å²) in [5.74, 6) is 0.0255. The van der Waals surface area contributed by atoms with Crippen LogP contribution in [0, 0.1) is 0 Å². The largest absolute Gasteiger partial charge is 0.508 e. The van der Waals surface area contributed by atoms with E-state index in [1.54, 1.807) is 18.2 Å². The smallest absolute Gasteiger partial charge is 0.132 e. The third-order valence-corrected chi connectivity index (χ3v) is 1.26. The molecule has 0 aromatic heterocycles. The van der Waals surface area contributed by atoms with Gasteiger partial charge in [-0.15, -0.1) is 17.0 Å². The summed E-state index contributed by atoms with van der Waals surface area (Å²) in [4.78, 5) is 0. The van der Waals surface area contributed by atoms with Crippen molar-refractivity contribution in [3.05, 3.63) is 29.8 Å². The monoisotopic (exact) mass is 219 g/mol. The van der Waals surface area contributed by atoms with Gasteiger partial charge < -0.3 is 15.9 Å². The number of aromatic hydroxyl groups is 1. The molecule has 1 aromatic carbocycles. The minimum absolute atomic E-state index is 0. The second kappa shape index (κ2) is 4.33. The van der Waals surface area contributed by atoms with Gasteiger partial charge in [0.25, 0.3) is 0 Å². The third kappa shape index (κ3) is 2.49. The van der Waals surface area contributed by atoms with Crippen molar-refractivity contribution in [1.29, 1.82) is 0 Å². The highest BCUT2D eigenvalue weighted by Gasteiger charge is 2.04. The summed E-state index contributed by atoms with van der Waals surface area (Å²) in [6.07, 6.45) is -1.10. The lowest BCUT2D eigenvalue weighted by molar-refractivity contribution is 0.182. The topological polar surface area (TPSA) is 66.5 Å². The Balaban J connectivity index is 0.000001000. The minimum Gasteiger partial charge on any atom is -0.508 e. The van der Waals surface area contributed by atoms with Gasteiger partial charge in [0, 0.05) is 5.56 Å². The maximum Gasteiger partial charge on any atom is 0.132 e. The lowest BCUT2D eigenvalue weighted by atomic mass is 10.2. The number of nitrogens with two attached hydrogens (primary N) is 1. The van der Waals surface area contributed by atoms with Crippen molar-refractivity contribution in [2.45, 2.75) is 6.23 Å². The van der Waals surface area contributed by atoms with E-state index in [-0.39, 0.29) is 22.7 Å². The lowest BCUT2D eigenvalue weighted by Gasteiger charge is -2.05. The number of halogens is 1. The molecule has 0 aliphatic heterocycles. The Morgan fingerprint density at radius 3 is 2.18 bits per heavy atom. The molecule has 0 fully saturated rings. The summed E-state index contributed by atoms with van der Waals surface area (Å²) < 4.78 is 0. The molecule has 0 aliphatic carbocycles. The quantitative estimate of drug-likeness (QED) is 0.616. The molecule has 1 unspecified atom stereocenters. The Bertz CT molecular complexity index is 227. The number of hydrogen-bond acceptors (Lipinski definition) is 3. The van der Waals surface area contributed by atoms with Gasteiger partial charge in [-0.3, -0.25) is 0 Å². The van der Waals surface area contributed by atoms with Crippen LogP contribution in [0.2, 0.25) is 0 Å². The fraction of sp³-hybridized carbons (Fsp3) is 0.143. The fourth-order valence-electron chi connectivity index (χ4n) is 0.738. The van der Waals surface area contributed by atoms with E-state index in [9.17, 15) is 0 Å². The van der Waals surface area contributed by atoms with Gasteiger partial charge in [-0.2, -0.15) is 0 Å². The van der Waals surface area contributed by atoms with Gasteiger partial charge in [-0.25, -0.2) is 0 Å². The lowest BCUT2D eigenvalue weighted by Crippen LogP contribution is -2.08. The van der Waals surface area contributed by atoms with E-state index in [2.05, 4.69) is 0 Å². The molecular weight excluding hydrogens is 210 g/mol. The van der Waals surface area contributed by atoms with Crippen LogP contribution in [-0.2, 0) is 0 Å². The Labute approximate surface area is 75.2 Å². The van der Waals surface area contributed by atoms with Crippen LogP contribution in [0.5, 0.6) is 5.75 Å². The van der Waals surface area contributed by atoms with Gasteiger partial charge in [-0.05, 0) is 6.07 Å². The highest BCUT2D eigenvalue weighted by molar-refractivity contribution is 8.93. The van der Waals surface area contributed by atoms with Crippen molar-refractivity contribution in [3.63, 3.8) is 0 Å². The van der Waals surface area contributed by atoms with Crippen LogP contribution in [-0.4, -0.2) is 10.2 Å². The van der Waals surface area contributed by atoms with Crippen molar-refractivity contribution >= 4 is 17.0 Å². The molecular formula is C7H10BrNO2. The van der Waals surface area contributed by atoms with Crippen LogP contribution < -0.4 is 5.73 Å². The summed E-state index contributed by atoms with van der Waals surface area (Å²) in [7, 11) is 0. The van der Waals surface area contributed by atoms with Gasteiger partial charge in [0.15, 0.2) is 0 Å². The van der Waals surface area contributed by atoms with Gasteiger partial charge >= 0.3 is 0 Å². The van der Waals surface area contributed by atoms with Crippen molar-refractivity contribution in [3.8, 4) is 5.75 Å². The molecule has 1 rings (SSSR count). The second-order valence-corrected chi connectivity index (χ2v) is 2.00. The molecule has 0 saturated heterocycles. The average Bonchev–Trinajstić information content (AvgIpc) is 1.88. The Kier molecular flexibility index (Phi) is 4.10. The van der Waals surface area contributed by atoms with Crippen molar-refractivity contribution in [1.82, 2.24) is 0 Å². The second-order valence-electron chi connectivity index (χ2n) is 2.00. The Morgan fingerprint density at radius 2 is 1.82 bits per heavy atom. The highest BCUT2D eigenvalue weighted by Crippen LogP contribution is 2.19. The van der Waals surface area contributed by atoms with Gasteiger partial charge in [-0.1, -0.05) is 18.2 Å². The number of phenolic OH excluding ortho intramolecular Hbond substituents is 1. The van der Waals surface area contributed by atoms with E-state index in [0.717, 1.165) is 0 Å². The van der Waals surface area contributed by atoms with Crippen molar-refractivity contribution < 1.29 is 10.2 Å². The Hall–Kier alpha value is -0.580. The summed E-state index contributed by atoms with van der Waals surface area (Å²) >= 11 is 0. The number of aliphatic hydroxyl groups excluding tert-OH is 1. The Morgan fingerprint density at radius 1 is 1.27 bits per heavy atom. The van der Waals surface area contributed by atoms with Gasteiger partial charge in [0.2, 0.25) is 0 Å². The van der Waals surface area contributed by atoms with Gasteiger partial charge in [0.05, 0.1) is 0 Å². The van der Waals surface area contributed by atoms with Gasteiger partial charge in [0.1, 0.15) is 12.0 Å². The molecule has 0 heterocycles. The zero-order valence-corrected chi connectivity index (χ0v) is 7.48. The minimum atomic E-state index is -1.10. The van der Waals surface area contributed by atoms with Crippen molar-refractivity contribution in [2.24, 2.45) is 5.73 Å². The molecule has 0 radical (unpaired) electrons. The number of benzene rings is 1. The first-order chi connectivity index (χ1) is 4.72. The molecule has 4 heteroatoms.